The fourth-order valence-corrected chi connectivity index (χ4v) is 3.55. The molecule has 0 bridgehead atoms. The summed E-state index contributed by atoms with van der Waals surface area (Å²) >= 11 is 0. The van der Waals surface area contributed by atoms with Gasteiger partial charge in [0, 0.05) is 19.6 Å². The van der Waals surface area contributed by atoms with Gasteiger partial charge in [0.2, 0.25) is 0 Å². The summed E-state index contributed by atoms with van der Waals surface area (Å²) in [7, 11) is 0. The first-order valence-electron chi connectivity index (χ1n) is 8.42. The fraction of sp³-hybridized carbons (Fsp3) is 0.316. The molecule has 0 radical (unpaired) electrons. The number of anilines is 1. The van der Waals surface area contributed by atoms with Crippen LogP contribution in [0.4, 0.5) is 23.7 Å². The number of carbonyl (C=O) groups excluding carboxylic acids is 1. The molecule has 136 valence electrons. The Morgan fingerprint density at radius 1 is 1.08 bits per heavy atom. The van der Waals surface area contributed by atoms with Crippen LogP contribution in [-0.2, 0) is 17.8 Å². The fourth-order valence-electron chi connectivity index (χ4n) is 3.55. The third-order valence-corrected chi connectivity index (χ3v) is 4.83. The molecule has 1 saturated heterocycles. The number of hydrogen-bond acceptors (Lipinski definition) is 3. The Kier molecular flexibility index (Phi) is 4.32. The van der Waals surface area contributed by atoms with Crippen molar-refractivity contribution in [2.24, 2.45) is 0 Å². The number of ether oxygens (including phenoxy) is 1. The summed E-state index contributed by atoms with van der Waals surface area (Å²) in [5, 5.41) is 0. The maximum atomic E-state index is 13.8. The molecule has 26 heavy (non-hydrogen) atoms. The molecule has 0 N–H and O–H groups in total. The van der Waals surface area contributed by atoms with E-state index in [0.29, 0.717) is 37.3 Å². The zero-order valence-electron chi connectivity index (χ0n) is 13.9. The average Bonchev–Trinajstić information content (AvgIpc) is 2.96. The van der Waals surface area contributed by atoms with Crippen molar-refractivity contribution in [1.82, 2.24) is 4.90 Å². The lowest BCUT2D eigenvalue weighted by atomic mass is 10.0. The van der Waals surface area contributed by atoms with E-state index >= 15 is 0 Å². The van der Waals surface area contributed by atoms with Gasteiger partial charge in [-0.15, -0.1) is 0 Å². The molecule has 0 aromatic heterocycles. The lowest BCUT2D eigenvalue weighted by Gasteiger charge is -2.32. The van der Waals surface area contributed by atoms with Crippen LogP contribution in [0.1, 0.15) is 17.5 Å². The predicted octanol–water partition coefficient (Wildman–Crippen LogP) is 3.84. The number of halogens is 3. The van der Waals surface area contributed by atoms with E-state index in [4.69, 9.17) is 4.74 Å². The summed E-state index contributed by atoms with van der Waals surface area (Å²) in [6, 6.07) is 8.03. The number of benzene rings is 2. The number of amides is 1. The van der Waals surface area contributed by atoms with Gasteiger partial charge in [0.1, 0.15) is 12.4 Å². The van der Waals surface area contributed by atoms with Crippen LogP contribution in [0.5, 0.6) is 0 Å². The predicted molar refractivity (Wildman–Crippen MR) is 89.1 cm³/mol. The Bertz CT molecular complexity index is 859. The van der Waals surface area contributed by atoms with E-state index in [1.165, 1.54) is 23.1 Å². The molecule has 1 amide bonds. The molecule has 2 aliphatic rings. The molecule has 0 spiro atoms. The molecular weight excluding hydrogens is 345 g/mol. The SMILES string of the molecule is O=C1OC[C@@H]2CCN(Cc3ccc(F)c(F)c3)Cc3ccc(F)cc3N12. The number of cyclic esters (lactones) is 1. The standard InChI is InChI=1S/C19H17F3N2O2/c20-14-3-2-13-10-23(9-12-1-4-16(21)17(22)7-12)6-5-15-11-26-19(25)24(15)18(13)8-14/h1-4,7-8,15H,5-6,9-11H2/t15-/m0/s1. The van der Waals surface area contributed by atoms with Crippen LogP contribution < -0.4 is 4.90 Å². The van der Waals surface area contributed by atoms with Crippen LogP contribution in [0, 0.1) is 17.5 Å². The van der Waals surface area contributed by atoms with Gasteiger partial charge in [0.15, 0.2) is 11.6 Å². The van der Waals surface area contributed by atoms with Gasteiger partial charge in [-0.2, -0.15) is 0 Å². The molecule has 0 aliphatic carbocycles. The first-order valence-corrected chi connectivity index (χ1v) is 8.42. The van der Waals surface area contributed by atoms with Gasteiger partial charge < -0.3 is 4.74 Å². The third kappa shape index (κ3) is 3.14. The Balaban J connectivity index is 1.64. The van der Waals surface area contributed by atoms with Crippen molar-refractivity contribution < 1.29 is 22.7 Å². The molecule has 2 aromatic rings. The molecule has 0 saturated carbocycles. The minimum Gasteiger partial charge on any atom is -0.447 e. The molecule has 2 aromatic carbocycles. The number of fused-ring (bicyclic) bond motifs is 3. The maximum Gasteiger partial charge on any atom is 0.414 e. The zero-order chi connectivity index (χ0) is 18.3. The summed E-state index contributed by atoms with van der Waals surface area (Å²) in [6.45, 7) is 1.79. The van der Waals surface area contributed by atoms with Gasteiger partial charge in [-0.3, -0.25) is 9.80 Å². The van der Waals surface area contributed by atoms with E-state index < -0.39 is 23.5 Å². The molecule has 4 rings (SSSR count). The van der Waals surface area contributed by atoms with Gasteiger partial charge in [-0.25, -0.2) is 18.0 Å². The van der Waals surface area contributed by atoms with Crippen LogP contribution in [0.2, 0.25) is 0 Å². The van der Waals surface area contributed by atoms with E-state index in [9.17, 15) is 18.0 Å². The minimum atomic E-state index is -0.877. The van der Waals surface area contributed by atoms with Crippen molar-refractivity contribution in [3.8, 4) is 0 Å². The Hall–Kier alpha value is -2.54. The van der Waals surface area contributed by atoms with Crippen molar-refractivity contribution in [3.63, 3.8) is 0 Å². The third-order valence-electron chi connectivity index (χ3n) is 4.83. The summed E-state index contributed by atoms with van der Waals surface area (Å²) in [5.74, 6) is -2.17. The first kappa shape index (κ1) is 16.9. The Morgan fingerprint density at radius 3 is 2.73 bits per heavy atom. The number of hydrogen-bond donors (Lipinski definition) is 0. The highest BCUT2D eigenvalue weighted by Gasteiger charge is 2.37. The second-order valence-corrected chi connectivity index (χ2v) is 6.62. The Labute approximate surface area is 148 Å². The highest BCUT2D eigenvalue weighted by Crippen LogP contribution is 2.32. The number of nitrogens with zero attached hydrogens (tertiary/aromatic N) is 2. The van der Waals surface area contributed by atoms with E-state index in [2.05, 4.69) is 4.90 Å². The largest absolute Gasteiger partial charge is 0.447 e. The van der Waals surface area contributed by atoms with Crippen LogP contribution in [0.3, 0.4) is 0 Å². The van der Waals surface area contributed by atoms with Crippen molar-refractivity contribution >= 4 is 11.8 Å². The van der Waals surface area contributed by atoms with E-state index in [-0.39, 0.29) is 12.6 Å². The van der Waals surface area contributed by atoms with Crippen LogP contribution in [0.15, 0.2) is 36.4 Å². The van der Waals surface area contributed by atoms with Gasteiger partial charge in [-0.1, -0.05) is 12.1 Å². The van der Waals surface area contributed by atoms with Gasteiger partial charge >= 0.3 is 6.09 Å². The summed E-state index contributed by atoms with van der Waals surface area (Å²) < 4.78 is 45.5. The molecule has 1 atom stereocenters. The van der Waals surface area contributed by atoms with Gasteiger partial charge in [0.25, 0.3) is 0 Å². The van der Waals surface area contributed by atoms with Crippen LogP contribution in [0.25, 0.3) is 0 Å². The highest BCUT2D eigenvalue weighted by molar-refractivity contribution is 5.91. The van der Waals surface area contributed by atoms with Crippen molar-refractivity contribution in [1.29, 1.82) is 0 Å². The maximum absolute atomic E-state index is 13.8. The summed E-state index contributed by atoms with van der Waals surface area (Å²) in [5.41, 5.74) is 1.95. The molecule has 2 aliphatic heterocycles. The Morgan fingerprint density at radius 2 is 1.92 bits per heavy atom. The minimum absolute atomic E-state index is 0.171. The molecule has 4 nitrogen and oxygen atoms in total. The highest BCUT2D eigenvalue weighted by atomic mass is 19.2. The molecule has 7 heteroatoms. The number of rotatable bonds is 2. The second kappa shape index (κ2) is 6.64. The summed E-state index contributed by atoms with van der Waals surface area (Å²) in [4.78, 5) is 15.7. The summed E-state index contributed by atoms with van der Waals surface area (Å²) in [6.07, 6.45) is 0.182. The first-order chi connectivity index (χ1) is 12.5. The molecular formula is C19H17F3N2O2. The van der Waals surface area contributed by atoms with Crippen LogP contribution >= 0.6 is 0 Å². The van der Waals surface area contributed by atoms with Crippen molar-refractivity contribution in [3.05, 3.63) is 65.0 Å². The van der Waals surface area contributed by atoms with E-state index in [1.807, 2.05) is 0 Å². The number of carbonyl (C=O) groups is 1. The van der Waals surface area contributed by atoms with Crippen molar-refractivity contribution in [2.75, 3.05) is 18.1 Å². The van der Waals surface area contributed by atoms with E-state index in [1.54, 1.807) is 12.1 Å². The lowest BCUT2D eigenvalue weighted by molar-refractivity contribution is 0.177. The topological polar surface area (TPSA) is 32.8 Å². The second-order valence-electron chi connectivity index (χ2n) is 6.62. The molecule has 0 unspecified atom stereocenters. The molecule has 2 heterocycles. The van der Waals surface area contributed by atoms with E-state index in [0.717, 1.165) is 11.6 Å². The van der Waals surface area contributed by atoms with Gasteiger partial charge in [-0.05, 0) is 41.8 Å². The smallest absolute Gasteiger partial charge is 0.414 e. The van der Waals surface area contributed by atoms with Crippen molar-refractivity contribution in [2.45, 2.75) is 25.6 Å². The lowest BCUT2D eigenvalue weighted by Crippen LogP contribution is -2.40. The quantitative estimate of drug-likeness (QED) is 0.814. The zero-order valence-corrected chi connectivity index (χ0v) is 13.9. The average molecular weight is 362 g/mol. The monoisotopic (exact) mass is 362 g/mol. The van der Waals surface area contributed by atoms with Crippen LogP contribution in [-0.4, -0.2) is 30.2 Å². The molecule has 1 fully saturated rings. The normalized spacial score (nSPS) is 20.2. The van der Waals surface area contributed by atoms with Gasteiger partial charge in [0.05, 0.1) is 11.7 Å².